The SMILES string of the molecule is CCCNC(c1ccc(Cl)o1)c1ccc(Br)o1. The topological polar surface area (TPSA) is 38.3 Å². The molecule has 0 saturated carbocycles. The van der Waals surface area contributed by atoms with E-state index in [0.717, 1.165) is 24.5 Å². The van der Waals surface area contributed by atoms with Gasteiger partial charge in [-0.3, -0.25) is 0 Å². The molecule has 0 aliphatic carbocycles. The molecule has 2 aromatic rings. The van der Waals surface area contributed by atoms with E-state index >= 15 is 0 Å². The molecule has 0 aliphatic rings. The van der Waals surface area contributed by atoms with Gasteiger partial charge < -0.3 is 14.2 Å². The molecule has 0 aromatic carbocycles. The van der Waals surface area contributed by atoms with Crippen LogP contribution in [-0.2, 0) is 0 Å². The fourth-order valence-corrected chi connectivity index (χ4v) is 2.07. The Kier molecular flexibility index (Phi) is 4.31. The minimum Gasteiger partial charge on any atom is -0.452 e. The lowest BCUT2D eigenvalue weighted by Gasteiger charge is -2.13. The zero-order valence-electron chi connectivity index (χ0n) is 9.37. The van der Waals surface area contributed by atoms with Crippen molar-refractivity contribution in [3.05, 3.63) is 45.7 Å². The van der Waals surface area contributed by atoms with E-state index in [-0.39, 0.29) is 6.04 Å². The standard InChI is InChI=1S/C12H13BrClNO2/c1-2-7-15-12(8-3-5-10(13)16-8)9-4-6-11(14)17-9/h3-6,12,15H,2,7H2,1H3. The van der Waals surface area contributed by atoms with Gasteiger partial charge in [-0.25, -0.2) is 0 Å². The molecule has 1 unspecified atom stereocenters. The van der Waals surface area contributed by atoms with Gasteiger partial charge in [-0.1, -0.05) is 6.92 Å². The maximum atomic E-state index is 5.80. The van der Waals surface area contributed by atoms with Crippen LogP contribution < -0.4 is 5.32 Å². The van der Waals surface area contributed by atoms with Crippen LogP contribution in [0.15, 0.2) is 37.8 Å². The van der Waals surface area contributed by atoms with E-state index in [2.05, 4.69) is 28.2 Å². The van der Waals surface area contributed by atoms with Gasteiger partial charge in [0.2, 0.25) is 0 Å². The second-order valence-electron chi connectivity index (χ2n) is 3.67. The molecular weight excluding hydrogens is 305 g/mol. The molecule has 0 bridgehead atoms. The van der Waals surface area contributed by atoms with Gasteiger partial charge in [-0.05, 0) is 64.8 Å². The molecule has 17 heavy (non-hydrogen) atoms. The first-order valence-electron chi connectivity index (χ1n) is 5.44. The van der Waals surface area contributed by atoms with E-state index in [4.69, 9.17) is 20.4 Å². The lowest BCUT2D eigenvalue weighted by atomic mass is 10.1. The van der Waals surface area contributed by atoms with Crippen LogP contribution in [-0.4, -0.2) is 6.54 Å². The molecule has 5 heteroatoms. The molecule has 0 fully saturated rings. The van der Waals surface area contributed by atoms with Crippen molar-refractivity contribution in [2.45, 2.75) is 19.4 Å². The second kappa shape index (κ2) is 5.76. The summed E-state index contributed by atoms with van der Waals surface area (Å²) in [6.45, 7) is 2.98. The first-order valence-corrected chi connectivity index (χ1v) is 6.61. The summed E-state index contributed by atoms with van der Waals surface area (Å²) in [5.41, 5.74) is 0. The van der Waals surface area contributed by atoms with E-state index < -0.39 is 0 Å². The zero-order valence-corrected chi connectivity index (χ0v) is 11.7. The van der Waals surface area contributed by atoms with Crippen LogP contribution >= 0.6 is 27.5 Å². The molecule has 2 heterocycles. The molecule has 2 aromatic heterocycles. The predicted molar refractivity (Wildman–Crippen MR) is 70.3 cm³/mol. The normalized spacial score (nSPS) is 12.9. The summed E-state index contributed by atoms with van der Waals surface area (Å²) < 4.78 is 11.7. The maximum Gasteiger partial charge on any atom is 0.193 e. The lowest BCUT2D eigenvalue weighted by molar-refractivity contribution is 0.383. The van der Waals surface area contributed by atoms with Gasteiger partial charge in [0.15, 0.2) is 9.89 Å². The van der Waals surface area contributed by atoms with Gasteiger partial charge in [0.25, 0.3) is 0 Å². The van der Waals surface area contributed by atoms with E-state index in [1.54, 1.807) is 6.07 Å². The van der Waals surface area contributed by atoms with Crippen molar-refractivity contribution in [1.82, 2.24) is 5.32 Å². The Hall–Kier alpha value is -0.710. The Morgan fingerprint density at radius 2 is 1.94 bits per heavy atom. The number of hydrogen-bond donors (Lipinski definition) is 1. The van der Waals surface area contributed by atoms with Gasteiger partial charge >= 0.3 is 0 Å². The smallest absolute Gasteiger partial charge is 0.193 e. The zero-order chi connectivity index (χ0) is 12.3. The fraction of sp³-hybridized carbons (Fsp3) is 0.333. The molecule has 0 radical (unpaired) electrons. The highest BCUT2D eigenvalue weighted by molar-refractivity contribution is 9.10. The molecule has 1 atom stereocenters. The van der Waals surface area contributed by atoms with Crippen LogP contribution in [0.2, 0.25) is 5.22 Å². The number of nitrogens with one attached hydrogen (secondary N) is 1. The van der Waals surface area contributed by atoms with Crippen molar-refractivity contribution in [2.24, 2.45) is 0 Å². The molecule has 92 valence electrons. The van der Waals surface area contributed by atoms with E-state index in [9.17, 15) is 0 Å². The summed E-state index contributed by atoms with van der Waals surface area (Å²) in [5, 5.41) is 3.74. The average Bonchev–Trinajstić information content (AvgIpc) is 2.89. The monoisotopic (exact) mass is 317 g/mol. The quantitative estimate of drug-likeness (QED) is 0.889. The summed E-state index contributed by atoms with van der Waals surface area (Å²) in [4.78, 5) is 0. The Bertz CT molecular complexity index is 440. The van der Waals surface area contributed by atoms with Crippen molar-refractivity contribution >= 4 is 27.5 Å². The number of furan rings is 2. The Balaban J connectivity index is 2.24. The van der Waals surface area contributed by atoms with Crippen molar-refractivity contribution < 1.29 is 8.83 Å². The van der Waals surface area contributed by atoms with Crippen LogP contribution in [0.5, 0.6) is 0 Å². The first-order chi connectivity index (χ1) is 8.20. The average molecular weight is 319 g/mol. The van der Waals surface area contributed by atoms with Crippen molar-refractivity contribution in [2.75, 3.05) is 6.54 Å². The summed E-state index contributed by atoms with van der Waals surface area (Å²) in [6.07, 6.45) is 1.03. The number of rotatable bonds is 5. The van der Waals surface area contributed by atoms with E-state index in [1.165, 1.54) is 0 Å². The van der Waals surface area contributed by atoms with Crippen LogP contribution in [0.25, 0.3) is 0 Å². The van der Waals surface area contributed by atoms with Crippen molar-refractivity contribution in [1.29, 1.82) is 0 Å². The predicted octanol–water partition coefficient (Wildman–Crippen LogP) is 4.38. The lowest BCUT2D eigenvalue weighted by Crippen LogP contribution is -2.22. The van der Waals surface area contributed by atoms with Gasteiger partial charge in [0.1, 0.15) is 17.6 Å². The molecule has 0 amide bonds. The summed E-state index contributed by atoms with van der Waals surface area (Å²) in [6, 6.07) is 7.25. The Morgan fingerprint density at radius 1 is 1.24 bits per heavy atom. The van der Waals surface area contributed by atoms with Crippen molar-refractivity contribution in [3.63, 3.8) is 0 Å². The highest BCUT2D eigenvalue weighted by atomic mass is 79.9. The van der Waals surface area contributed by atoms with E-state index in [0.29, 0.717) is 9.89 Å². The van der Waals surface area contributed by atoms with Crippen molar-refractivity contribution in [3.8, 4) is 0 Å². The van der Waals surface area contributed by atoms with Gasteiger partial charge in [0.05, 0.1) is 0 Å². The fourth-order valence-electron chi connectivity index (χ4n) is 1.60. The van der Waals surface area contributed by atoms with Gasteiger partial charge in [-0.2, -0.15) is 0 Å². The second-order valence-corrected chi connectivity index (χ2v) is 4.82. The highest BCUT2D eigenvalue weighted by Gasteiger charge is 2.20. The Labute approximate surface area is 113 Å². The van der Waals surface area contributed by atoms with E-state index in [1.807, 2.05) is 18.2 Å². The molecule has 0 saturated heterocycles. The first kappa shape index (κ1) is 12.7. The summed E-state index contributed by atoms with van der Waals surface area (Å²) >= 11 is 9.09. The third-order valence-electron chi connectivity index (χ3n) is 2.36. The van der Waals surface area contributed by atoms with Gasteiger partial charge in [0, 0.05) is 0 Å². The molecular formula is C12H13BrClNO2. The van der Waals surface area contributed by atoms with Crippen LogP contribution in [0.1, 0.15) is 30.9 Å². The Morgan fingerprint density at radius 3 is 2.47 bits per heavy atom. The minimum atomic E-state index is -0.103. The molecule has 1 N–H and O–H groups in total. The largest absolute Gasteiger partial charge is 0.452 e. The number of halogens is 2. The summed E-state index contributed by atoms with van der Waals surface area (Å²) in [7, 11) is 0. The summed E-state index contributed by atoms with van der Waals surface area (Å²) in [5.74, 6) is 1.56. The third-order valence-corrected chi connectivity index (χ3v) is 2.98. The third kappa shape index (κ3) is 3.15. The molecule has 0 spiro atoms. The van der Waals surface area contributed by atoms with Crippen LogP contribution in [0.3, 0.4) is 0 Å². The molecule has 3 nitrogen and oxygen atoms in total. The highest BCUT2D eigenvalue weighted by Crippen LogP contribution is 2.28. The molecule has 2 rings (SSSR count). The van der Waals surface area contributed by atoms with Gasteiger partial charge in [-0.15, -0.1) is 0 Å². The van der Waals surface area contributed by atoms with Crippen LogP contribution in [0, 0.1) is 0 Å². The van der Waals surface area contributed by atoms with Crippen LogP contribution in [0.4, 0.5) is 0 Å². The molecule has 0 aliphatic heterocycles. The maximum absolute atomic E-state index is 5.80. The number of hydrogen-bond acceptors (Lipinski definition) is 3. The minimum absolute atomic E-state index is 0.103.